The fourth-order valence-electron chi connectivity index (χ4n) is 2.92. The Kier molecular flexibility index (Phi) is 5.95. The van der Waals surface area contributed by atoms with E-state index in [1.807, 2.05) is 18.2 Å². The van der Waals surface area contributed by atoms with Crippen molar-refractivity contribution in [3.8, 4) is 0 Å². The third kappa shape index (κ3) is 4.58. The Morgan fingerprint density at radius 1 is 0.944 bits per heavy atom. The van der Waals surface area contributed by atoms with Crippen molar-refractivity contribution in [3.63, 3.8) is 0 Å². The number of aliphatic hydroxyl groups excluding tert-OH is 1. The Morgan fingerprint density at radius 3 is 2.44 bits per heavy atom. The molecule has 2 nitrogen and oxygen atoms in total. The molecule has 0 unspecified atom stereocenters. The normalized spacial score (nSPS) is 29.1. The molecule has 0 bridgehead atoms. The second-order valence-electron chi connectivity index (χ2n) is 5.56. The standard InChI is InChI=1S/C16H26O2/c17-16(14-8-2-1-3-9-14)12-5-4-10-15-11-6-7-13-18-15/h4-5,10,12,14-17H,1-3,6-9,11,13H2/b10-4+,12-5+/t15-,16-/m0/s1. The summed E-state index contributed by atoms with van der Waals surface area (Å²) in [5.74, 6) is 0.481. The molecule has 1 saturated carbocycles. The molecular weight excluding hydrogens is 224 g/mol. The summed E-state index contributed by atoms with van der Waals surface area (Å²) >= 11 is 0. The van der Waals surface area contributed by atoms with Crippen molar-refractivity contribution in [2.75, 3.05) is 6.61 Å². The van der Waals surface area contributed by atoms with Gasteiger partial charge < -0.3 is 9.84 Å². The molecule has 1 saturated heterocycles. The van der Waals surface area contributed by atoms with Gasteiger partial charge >= 0.3 is 0 Å². The lowest BCUT2D eigenvalue weighted by Crippen LogP contribution is -2.20. The number of hydrogen-bond donors (Lipinski definition) is 1. The van der Waals surface area contributed by atoms with Gasteiger partial charge in [-0.25, -0.2) is 0 Å². The zero-order valence-electron chi connectivity index (χ0n) is 11.3. The predicted molar refractivity (Wildman–Crippen MR) is 74.5 cm³/mol. The molecule has 2 fully saturated rings. The minimum atomic E-state index is -0.262. The van der Waals surface area contributed by atoms with Crippen molar-refractivity contribution in [2.24, 2.45) is 5.92 Å². The third-order valence-corrected chi connectivity index (χ3v) is 4.09. The molecule has 0 spiro atoms. The molecule has 18 heavy (non-hydrogen) atoms. The lowest BCUT2D eigenvalue weighted by Gasteiger charge is -2.24. The maximum absolute atomic E-state index is 10.1. The molecule has 0 radical (unpaired) electrons. The summed E-state index contributed by atoms with van der Waals surface area (Å²) in [6.07, 6.45) is 17.9. The van der Waals surface area contributed by atoms with Crippen molar-refractivity contribution in [1.82, 2.24) is 0 Å². The van der Waals surface area contributed by atoms with Crippen LogP contribution in [0.15, 0.2) is 24.3 Å². The highest BCUT2D eigenvalue weighted by atomic mass is 16.5. The Bertz CT molecular complexity index is 271. The van der Waals surface area contributed by atoms with Crippen LogP contribution in [0.2, 0.25) is 0 Å². The summed E-state index contributed by atoms with van der Waals surface area (Å²) in [6, 6.07) is 0. The van der Waals surface area contributed by atoms with E-state index in [0.717, 1.165) is 13.0 Å². The topological polar surface area (TPSA) is 29.5 Å². The van der Waals surface area contributed by atoms with Crippen molar-refractivity contribution < 1.29 is 9.84 Å². The van der Waals surface area contributed by atoms with Gasteiger partial charge in [0.1, 0.15) is 0 Å². The van der Waals surface area contributed by atoms with Gasteiger partial charge in [0.15, 0.2) is 0 Å². The first-order valence-corrected chi connectivity index (χ1v) is 7.51. The first kappa shape index (κ1) is 13.8. The average molecular weight is 250 g/mol. The molecule has 1 aliphatic carbocycles. The van der Waals surface area contributed by atoms with Crippen LogP contribution in [0.4, 0.5) is 0 Å². The molecule has 0 aromatic rings. The van der Waals surface area contributed by atoms with E-state index in [9.17, 15) is 5.11 Å². The zero-order chi connectivity index (χ0) is 12.6. The first-order chi connectivity index (χ1) is 8.86. The van der Waals surface area contributed by atoms with Crippen LogP contribution < -0.4 is 0 Å². The van der Waals surface area contributed by atoms with Gasteiger partial charge in [-0.2, -0.15) is 0 Å². The van der Waals surface area contributed by atoms with Gasteiger partial charge in [0.2, 0.25) is 0 Å². The summed E-state index contributed by atoms with van der Waals surface area (Å²) in [7, 11) is 0. The van der Waals surface area contributed by atoms with E-state index >= 15 is 0 Å². The van der Waals surface area contributed by atoms with Gasteiger partial charge in [-0.05, 0) is 38.0 Å². The Hall–Kier alpha value is -0.600. The lowest BCUT2D eigenvalue weighted by atomic mass is 9.85. The quantitative estimate of drug-likeness (QED) is 0.772. The van der Waals surface area contributed by atoms with Crippen LogP contribution >= 0.6 is 0 Å². The highest BCUT2D eigenvalue weighted by Crippen LogP contribution is 2.26. The number of rotatable bonds is 4. The molecule has 2 rings (SSSR count). The Morgan fingerprint density at radius 2 is 1.72 bits per heavy atom. The van der Waals surface area contributed by atoms with Gasteiger partial charge in [-0.1, -0.05) is 43.6 Å². The second kappa shape index (κ2) is 7.75. The van der Waals surface area contributed by atoms with Crippen LogP contribution in [0, 0.1) is 5.92 Å². The summed E-state index contributed by atoms with van der Waals surface area (Å²) in [5, 5.41) is 10.1. The highest BCUT2D eigenvalue weighted by molar-refractivity contribution is 5.08. The van der Waals surface area contributed by atoms with Gasteiger partial charge in [-0.3, -0.25) is 0 Å². The third-order valence-electron chi connectivity index (χ3n) is 4.09. The van der Waals surface area contributed by atoms with Crippen LogP contribution in [-0.4, -0.2) is 23.9 Å². The van der Waals surface area contributed by atoms with E-state index < -0.39 is 0 Å². The summed E-state index contributed by atoms with van der Waals surface area (Å²) < 4.78 is 5.62. The largest absolute Gasteiger partial charge is 0.389 e. The van der Waals surface area contributed by atoms with E-state index in [-0.39, 0.29) is 12.2 Å². The fourth-order valence-corrected chi connectivity index (χ4v) is 2.92. The molecule has 1 aliphatic heterocycles. The van der Waals surface area contributed by atoms with Crippen LogP contribution in [0.1, 0.15) is 51.4 Å². The number of aliphatic hydroxyl groups is 1. The van der Waals surface area contributed by atoms with Crippen molar-refractivity contribution in [1.29, 1.82) is 0 Å². The minimum absolute atomic E-state index is 0.262. The highest BCUT2D eigenvalue weighted by Gasteiger charge is 2.19. The average Bonchev–Trinajstić information content (AvgIpc) is 2.45. The number of ether oxygens (including phenoxy) is 1. The monoisotopic (exact) mass is 250 g/mol. The molecule has 2 heteroatoms. The molecule has 102 valence electrons. The van der Waals surface area contributed by atoms with Gasteiger partial charge in [0.05, 0.1) is 12.2 Å². The molecule has 1 N–H and O–H groups in total. The van der Waals surface area contributed by atoms with Crippen LogP contribution in [0.5, 0.6) is 0 Å². The fraction of sp³-hybridized carbons (Fsp3) is 0.750. The van der Waals surface area contributed by atoms with E-state index in [0.29, 0.717) is 5.92 Å². The molecule has 2 atom stereocenters. The maximum atomic E-state index is 10.1. The van der Waals surface area contributed by atoms with E-state index in [1.54, 1.807) is 0 Å². The Balaban J connectivity index is 1.70. The predicted octanol–water partition coefficient (Wildman–Crippen LogP) is 3.61. The number of hydrogen-bond acceptors (Lipinski definition) is 2. The summed E-state index contributed by atoms with van der Waals surface area (Å²) in [4.78, 5) is 0. The molecule has 1 heterocycles. The van der Waals surface area contributed by atoms with Gasteiger partial charge in [-0.15, -0.1) is 0 Å². The lowest BCUT2D eigenvalue weighted by molar-refractivity contribution is 0.0466. The molecule has 0 aromatic heterocycles. The van der Waals surface area contributed by atoms with E-state index in [1.165, 1.54) is 44.9 Å². The van der Waals surface area contributed by atoms with Gasteiger partial charge in [0.25, 0.3) is 0 Å². The maximum Gasteiger partial charge on any atom is 0.0758 e. The second-order valence-corrected chi connectivity index (χ2v) is 5.56. The van der Waals surface area contributed by atoms with Crippen LogP contribution in [0.3, 0.4) is 0 Å². The van der Waals surface area contributed by atoms with Gasteiger partial charge in [0, 0.05) is 6.61 Å². The zero-order valence-corrected chi connectivity index (χ0v) is 11.3. The minimum Gasteiger partial charge on any atom is -0.389 e. The molecule has 2 aliphatic rings. The van der Waals surface area contributed by atoms with Crippen molar-refractivity contribution in [2.45, 2.75) is 63.6 Å². The van der Waals surface area contributed by atoms with E-state index in [4.69, 9.17) is 4.74 Å². The SMILES string of the molecule is O[C@@H](/C=C/C=C/[C@H]1CCCCO1)C1CCCCC1. The van der Waals surface area contributed by atoms with Crippen molar-refractivity contribution in [3.05, 3.63) is 24.3 Å². The summed E-state index contributed by atoms with van der Waals surface area (Å²) in [5.41, 5.74) is 0. The van der Waals surface area contributed by atoms with Crippen LogP contribution in [-0.2, 0) is 4.74 Å². The Labute approximate surface area is 111 Å². The number of allylic oxidation sites excluding steroid dienone is 2. The van der Waals surface area contributed by atoms with Crippen molar-refractivity contribution >= 4 is 0 Å². The first-order valence-electron chi connectivity index (χ1n) is 7.51. The van der Waals surface area contributed by atoms with E-state index in [2.05, 4.69) is 6.08 Å². The van der Waals surface area contributed by atoms with Crippen LogP contribution in [0.25, 0.3) is 0 Å². The molecule has 0 aromatic carbocycles. The molecular formula is C16H26O2. The smallest absolute Gasteiger partial charge is 0.0758 e. The molecule has 0 amide bonds. The summed E-state index contributed by atoms with van der Waals surface area (Å²) in [6.45, 7) is 0.892.